The fourth-order valence-corrected chi connectivity index (χ4v) is 1.90. The fourth-order valence-electron chi connectivity index (χ4n) is 1.90. The third-order valence-electron chi connectivity index (χ3n) is 2.57. The van der Waals surface area contributed by atoms with Crippen LogP contribution in [0.2, 0.25) is 0 Å². The maximum Gasteiger partial charge on any atom is 0.0590 e. The quantitative estimate of drug-likeness (QED) is 0.678. The number of hydrogen-bond donors (Lipinski definition) is 1. The van der Waals surface area contributed by atoms with Crippen LogP contribution in [0, 0.1) is 11.8 Å². The Balaban J connectivity index is 2.30. The molecule has 0 aromatic heterocycles. The molecule has 1 aliphatic heterocycles. The van der Waals surface area contributed by atoms with Crippen molar-refractivity contribution in [1.29, 1.82) is 0 Å². The molecule has 0 radical (unpaired) electrons. The van der Waals surface area contributed by atoms with Gasteiger partial charge in [0.1, 0.15) is 0 Å². The highest BCUT2D eigenvalue weighted by Crippen LogP contribution is 2.17. The molecule has 1 heterocycles. The van der Waals surface area contributed by atoms with Gasteiger partial charge in [-0.25, -0.2) is 0 Å². The Labute approximate surface area is 75.6 Å². The second kappa shape index (κ2) is 4.24. The van der Waals surface area contributed by atoms with E-state index in [4.69, 9.17) is 0 Å². The average molecular weight is 171 g/mol. The molecule has 1 N–H and O–H groups in total. The van der Waals surface area contributed by atoms with Crippen LogP contribution in [0.5, 0.6) is 0 Å². The molecular formula is C10H21NO. The first-order valence-electron chi connectivity index (χ1n) is 5.00. The average Bonchev–Trinajstić information content (AvgIpc) is 1.96. The van der Waals surface area contributed by atoms with Gasteiger partial charge in [0.2, 0.25) is 0 Å². The minimum absolute atomic E-state index is 0.0617. The number of aliphatic hydroxyl groups is 1. The Kier molecular flexibility index (Phi) is 3.53. The largest absolute Gasteiger partial charge is 0.393 e. The van der Waals surface area contributed by atoms with Gasteiger partial charge in [-0.1, -0.05) is 20.8 Å². The molecule has 0 saturated carbocycles. The van der Waals surface area contributed by atoms with Crippen LogP contribution in [0.25, 0.3) is 0 Å². The molecule has 2 atom stereocenters. The molecule has 2 nitrogen and oxygen atoms in total. The highest BCUT2D eigenvalue weighted by atomic mass is 16.3. The molecule has 1 aliphatic rings. The maximum atomic E-state index is 9.50. The number of aliphatic hydroxyl groups excluding tert-OH is 1. The molecular weight excluding hydrogens is 150 g/mol. The van der Waals surface area contributed by atoms with Crippen molar-refractivity contribution in [1.82, 2.24) is 4.90 Å². The Morgan fingerprint density at radius 3 is 2.67 bits per heavy atom. The van der Waals surface area contributed by atoms with E-state index in [-0.39, 0.29) is 6.10 Å². The predicted molar refractivity (Wildman–Crippen MR) is 51.1 cm³/mol. The summed E-state index contributed by atoms with van der Waals surface area (Å²) < 4.78 is 0. The van der Waals surface area contributed by atoms with Crippen molar-refractivity contribution in [2.24, 2.45) is 11.8 Å². The van der Waals surface area contributed by atoms with Crippen LogP contribution in [-0.4, -0.2) is 35.7 Å². The molecule has 1 rings (SSSR count). The molecule has 12 heavy (non-hydrogen) atoms. The SMILES string of the molecule is CC(C)CN1CC[C@@H](O)[C@@H](C)C1. The van der Waals surface area contributed by atoms with Crippen molar-refractivity contribution in [2.45, 2.75) is 33.3 Å². The third kappa shape index (κ3) is 2.76. The molecule has 0 bridgehead atoms. The standard InChI is InChI=1S/C10H21NO/c1-8(2)6-11-5-4-10(12)9(3)7-11/h8-10,12H,4-7H2,1-3H3/t9-,10+/m0/s1. The lowest BCUT2D eigenvalue weighted by atomic mass is 9.96. The van der Waals surface area contributed by atoms with E-state index < -0.39 is 0 Å². The Bertz CT molecular complexity index is 136. The number of nitrogens with zero attached hydrogens (tertiary/aromatic N) is 1. The van der Waals surface area contributed by atoms with Gasteiger partial charge in [-0.3, -0.25) is 0 Å². The van der Waals surface area contributed by atoms with Crippen LogP contribution in [0.4, 0.5) is 0 Å². The zero-order valence-corrected chi connectivity index (χ0v) is 8.45. The summed E-state index contributed by atoms with van der Waals surface area (Å²) in [5, 5.41) is 9.50. The summed E-state index contributed by atoms with van der Waals surface area (Å²) in [6.45, 7) is 9.95. The smallest absolute Gasteiger partial charge is 0.0590 e. The van der Waals surface area contributed by atoms with E-state index in [0.29, 0.717) is 5.92 Å². The van der Waals surface area contributed by atoms with Crippen LogP contribution in [0.15, 0.2) is 0 Å². The lowest BCUT2D eigenvalue weighted by Gasteiger charge is -2.35. The summed E-state index contributed by atoms with van der Waals surface area (Å²) in [7, 11) is 0. The molecule has 0 spiro atoms. The highest BCUT2D eigenvalue weighted by molar-refractivity contribution is 4.77. The number of hydrogen-bond acceptors (Lipinski definition) is 2. The second-order valence-corrected chi connectivity index (χ2v) is 4.49. The van der Waals surface area contributed by atoms with Crippen molar-refractivity contribution in [3.63, 3.8) is 0 Å². The molecule has 1 fully saturated rings. The Morgan fingerprint density at radius 2 is 2.17 bits per heavy atom. The molecule has 72 valence electrons. The van der Waals surface area contributed by atoms with Crippen LogP contribution in [-0.2, 0) is 0 Å². The lowest BCUT2D eigenvalue weighted by molar-refractivity contribution is 0.0309. The van der Waals surface area contributed by atoms with Gasteiger partial charge in [-0.05, 0) is 18.3 Å². The van der Waals surface area contributed by atoms with Gasteiger partial charge in [-0.15, -0.1) is 0 Å². The van der Waals surface area contributed by atoms with Crippen LogP contribution < -0.4 is 0 Å². The summed E-state index contributed by atoms with van der Waals surface area (Å²) in [6.07, 6.45) is 0.891. The van der Waals surface area contributed by atoms with E-state index in [1.807, 2.05) is 0 Å². The molecule has 0 aliphatic carbocycles. The maximum absolute atomic E-state index is 9.50. The van der Waals surface area contributed by atoms with Crippen molar-refractivity contribution in [3.05, 3.63) is 0 Å². The third-order valence-corrected chi connectivity index (χ3v) is 2.57. The fraction of sp³-hybridized carbons (Fsp3) is 1.00. The number of rotatable bonds is 2. The van der Waals surface area contributed by atoms with Crippen LogP contribution in [0.1, 0.15) is 27.2 Å². The zero-order valence-electron chi connectivity index (χ0n) is 8.45. The topological polar surface area (TPSA) is 23.5 Å². The van der Waals surface area contributed by atoms with Gasteiger partial charge in [-0.2, -0.15) is 0 Å². The predicted octanol–water partition coefficient (Wildman–Crippen LogP) is 1.35. The van der Waals surface area contributed by atoms with E-state index in [1.54, 1.807) is 0 Å². The molecule has 0 amide bonds. The molecule has 0 unspecified atom stereocenters. The molecule has 2 heteroatoms. The molecule has 1 saturated heterocycles. The Hall–Kier alpha value is -0.0800. The first-order chi connectivity index (χ1) is 5.59. The van der Waals surface area contributed by atoms with Gasteiger partial charge in [0.15, 0.2) is 0 Å². The van der Waals surface area contributed by atoms with Gasteiger partial charge in [0.05, 0.1) is 6.10 Å². The van der Waals surface area contributed by atoms with Gasteiger partial charge < -0.3 is 10.0 Å². The highest BCUT2D eigenvalue weighted by Gasteiger charge is 2.23. The van der Waals surface area contributed by atoms with Crippen molar-refractivity contribution >= 4 is 0 Å². The van der Waals surface area contributed by atoms with Crippen molar-refractivity contribution < 1.29 is 5.11 Å². The van der Waals surface area contributed by atoms with E-state index in [2.05, 4.69) is 25.7 Å². The van der Waals surface area contributed by atoms with E-state index in [9.17, 15) is 5.11 Å². The monoisotopic (exact) mass is 171 g/mol. The second-order valence-electron chi connectivity index (χ2n) is 4.49. The zero-order chi connectivity index (χ0) is 9.14. The number of piperidine rings is 1. The van der Waals surface area contributed by atoms with Crippen LogP contribution >= 0.6 is 0 Å². The van der Waals surface area contributed by atoms with Gasteiger partial charge in [0, 0.05) is 19.6 Å². The van der Waals surface area contributed by atoms with Crippen molar-refractivity contribution in [2.75, 3.05) is 19.6 Å². The minimum Gasteiger partial charge on any atom is -0.393 e. The summed E-state index contributed by atoms with van der Waals surface area (Å²) in [6, 6.07) is 0. The number of likely N-dealkylation sites (tertiary alicyclic amines) is 1. The van der Waals surface area contributed by atoms with Crippen LogP contribution in [0.3, 0.4) is 0 Å². The summed E-state index contributed by atoms with van der Waals surface area (Å²) in [5.41, 5.74) is 0. The van der Waals surface area contributed by atoms with E-state index in [1.165, 1.54) is 6.54 Å². The van der Waals surface area contributed by atoms with E-state index >= 15 is 0 Å². The van der Waals surface area contributed by atoms with Gasteiger partial charge in [0.25, 0.3) is 0 Å². The van der Waals surface area contributed by atoms with E-state index in [0.717, 1.165) is 25.4 Å². The normalized spacial score (nSPS) is 32.8. The Morgan fingerprint density at radius 1 is 1.50 bits per heavy atom. The summed E-state index contributed by atoms with van der Waals surface area (Å²) in [4.78, 5) is 2.46. The summed E-state index contributed by atoms with van der Waals surface area (Å²) >= 11 is 0. The molecule has 0 aromatic rings. The first-order valence-corrected chi connectivity index (χ1v) is 5.00. The van der Waals surface area contributed by atoms with Gasteiger partial charge >= 0.3 is 0 Å². The molecule has 0 aromatic carbocycles. The van der Waals surface area contributed by atoms with Crippen molar-refractivity contribution in [3.8, 4) is 0 Å². The summed E-state index contributed by atoms with van der Waals surface area (Å²) in [5.74, 6) is 1.20. The minimum atomic E-state index is -0.0617. The first kappa shape index (κ1) is 10.0. The lowest BCUT2D eigenvalue weighted by Crippen LogP contribution is -2.43.